The van der Waals surface area contributed by atoms with E-state index in [4.69, 9.17) is 4.74 Å². The molecule has 0 saturated carbocycles. The minimum Gasteiger partial charge on any atom is -0.497 e. The first-order valence-corrected chi connectivity index (χ1v) is 13.8. The highest BCUT2D eigenvalue weighted by Gasteiger charge is 2.44. The van der Waals surface area contributed by atoms with Gasteiger partial charge in [0, 0.05) is 56.1 Å². The van der Waals surface area contributed by atoms with Gasteiger partial charge in [-0.2, -0.15) is 9.40 Å². The van der Waals surface area contributed by atoms with E-state index in [9.17, 15) is 23.3 Å². The molecule has 0 bridgehead atoms. The molecule has 3 heterocycles. The van der Waals surface area contributed by atoms with Crippen molar-refractivity contribution < 1.29 is 22.9 Å². The van der Waals surface area contributed by atoms with Crippen LogP contribution in [0, 0.1) is 15.5 Å². The second-order valence-electron chi connectivity index (χ2n) is 9.85. The second kappa shape index (κ2) is 10.2. The summed E-state index contributed by atoms with van der Waals surface area (Å²) in [5.41, 5.74) is 1.07. The molecular weight excluding hydrogens is 510 g/mol. The Labute approximate surface area is 220 Å². The van der Waals surface area contributed by atoms with Crippen LogP contribution in [0.4, 0.5) is 5.69 Å². The molecule has 38 heavy (non-hydrogen) atoms. The second-order valence-corrected chi connectivity index (χ2v) is 11.8. The highest BCUT2D eigenvalue weighted by molar-refractivity contribution is 7.89. The fourth-order valence-electron chi connectivity index (χ4n) is 5.29. The lowest BCUT2D eigenvalue weighted by molar-refractivity contribution is -0.384. The van der Waals surface area contributed by atoms with Gasteiger partial charge in [-0.05, 0) is 42.9 Å². The largest absolute Gasteiger partial charge is 0.497 e. The number of amides is 1. The van der Waals surface area contributed by atoms with Gasteiger partial charge in [0.05, 0.1) is 22.6 Å². The number of ether oxygens (including phenoxy) is 1. The molecule has 0 aliphatic carbocycles. The number of benzene rings is 2. The average Bonchev–Trinajstić information content (AvgIpc) is 3.57. The number of likely N-dealkylation sites (tertiary alicyclic amines) is 1. The first kappa shape index (κ1) is 25.9. The number of piperidine rings is 1. The van der Waals surface area contributed by atoms with Crippen molar-refractivity contribution in [1.82, 2.24) is 19.0 Å². The van der Waals surface area contributed by atoms with Crippen molar-refractivity contribution in [3.63, 3.8) is 0 Å². The molecule has 1 amide bonds. The number of sulfonamides is 1. The third kappa shape index (κ3) is 5.14. The minimum absolute atomic E-state index is 0.0159. The smallest absolute Gasteiger partial charge is 0.270 e. The lowest BCUT2D eigenvalue weighted by Crippen LogP contribution is -2.44. The number of methoxy groups -OCH3 is 1. The van der Waals surface area contributed by atoms with Gasteiger partial charge < -0.3 is 9.64 Å². The topological polar surface area (TPSA) is 128 Å². The number of carbonyl (C=O) groups is 1. The van der Waals surface area contributed by atoms with Crippen LogP contribution in [0.1, 0.15) is 19.3 Å². The predicted octanol–water partition coefficient (Wildman–Crippen LogP) is 3.17. The van der Waals surface area contributed by atoms with E-state index in [2.05, 4.69) is 5.10 Å². The SMILES string of the molecule is COc1cccc(S(=O)(=O)N2CCC3(CCN(C(=O)Cn4ccc(-c5cccc([N+](=O)[O-])c5)n4)C3)CC2)c1. The van der Waals surface area contributed by atoms with E-state index in [0.717, 1.165) is 6.42 Å². The third-order valence-corrected chi connectivity index (χ3v) is 9.44. The molecule has 12 heteroatoms. The fraction of sp³-hybridized carbons (Fsp3) is 0.385. The van der Waals surface area contributed by atoms with Crippen molar-refractivity contribution in [2.24, 2.45) is 5.41 Å². The average molecular weight is 540 g/mol. The monoisotopic (exact) mass is 539 g/mol. The molecule has 2 aliphatic heterocycles. The molecule has 200 valence electrons. The highest BCUT2D eigenvalue weighted by Crippen LogP contribution is 2.41. The number of hydrogen-bond donors (Lipinski definition) is 0. The van der Waals surface area contributed by atoms with E-state index < -0.39 is 14.9 Å². The van der Waals surface area contributed by atoms with Gasteiger partial charge in [0.25, 0.3) is 5.69 Å². The molecule has 0 radical (unpaired) electrons. The van der Waals surface area contributed by atoms with Crippen molar-refractivity contribution in [2.45, 2.75) is 30.7 Å². The summed E-state index contributed by atoms with van der Waals surface area (Å²) >= 11 is 0. The maximum Gasteiger partial charge on any atom is 0.270 e. The van der Waals surface area contributed by atoms with Crippen LogP contribution in [0.5, 0.6) is 5.75 Å². The van der Waals surface area contributed by atoms with Crippen LogP contribution in [-0.2, 0) is 21.4 Å². The zero-order chi connectivity index (χ0) is 26.9. The van der Waals surface area contributed by atoms with Crippen molar-refractivity contribution in [3.05, 3.63) is 70.9 Å². The number of non-ortho nitro benzene ring substituents is 1. The summed E-state index contributed by atoms with van der Waals surface area (Å²) < 4.78 is 34.6. The molecule has 5 rings (SSSR count). The van der Waals surface area contributed by atoms with Crippen molar-refractivity contribution in [1.29, 1.82) is 0 Å². The van der Waals surface area contributed by atoms with Crippen molar-refractivity contribution >= 4 is 21.6 Å². The van der Waals surface area contributed by atoms with Gasteiger partial charge in [0.2, 0.25) is 15.9 Å². The first-order valence-electron chi connectivity index (χ1n) is 12.4. The molecule has 2 aromatic carbocycles. The summed E-state index contributed by atoms with van der Waals surface area (Å²) in [7, 11) is -2.11. The summed E-state index contributed by atoms with van der Waals surface area (Å²) in [6, 6.07) is 14.5. The zero-order valence-corrected chi connectivity index (χ0v) is 21.8. The van der Waals surface area contributed by atoms with Gasteiger partial charge >= 0.3 is 0 Å². The highest BCUT2D eigenvalue weighted by atomic mass is 32.2. The number of carbonyl (C=O) groups excluding carboxylic acids is 1. The van der Waals surface area contributed by atoms with Crippen LogP contribution >= 0.6 is 0 Å². The van der Waals surface area contributed by atoms with Crippen LogP contribution < -0.4 is 4.74 Å². The summed E-state index contributed by atoms with van der Waals surface area (Å²) in [5, 5.41) is 15.5. The molecule has 3 aromatic rings. The lowest BCUT2D eigenvalue weighted by atomic mass is 9.78. The Hall–Kier alpha value is -3.77. The van der Waals surface area contributed by atoms with E-state index in [1.807, 2.05) is 4.90 Å². The molecule has 11 nitrogen and oxygen atoms in total. The van der Waals surface area contributed by atoms with Crippen molar-refractivity contribution in [2.75, 3.05) is 33.3 Å². The number of rotatable bonds is 7. The van der Waals surface area contributed by atoms with Crippen LogP contribution in [0.2, 0.25) is 0 Å². The van der Waals surface area contributed by atoms with E-state index in [1.165, 1.54) is 29.6 Å². The minimum atomic E-state index is -3.62. The number of hydrogen-bond acceptors (Lipinski definition) is 7. The Kier molecular flexibility index (Phi) is 6.93. The molecule has 2 aliphatic rings. The van der Waals surface area contributed by atoms with Crippen LogP contribution in [0.3, 0.4) is 0 Å². The molecule has 0 atom stereocenters. The Bertz CT molecular complexity index is 1460. The molecule has 1 spiro atoms. The van der Waals surface area contributed by atoms with Gasteiger partial charge in [-0.15, -0.1) is 0 Å². The normalized spacial score (nSPS) is 17.6. The summed E-state index contributed by atoms with van der Waals surface area (Å²) in [6.07, 6.45) is 3.92. The Morgan fingerprint density at radius 2 is 1.82 bits per heavy atom. The van der Waals surface area contributed by atoms with E-state index >= 15 is 0 Å². The number of nitro groups is 1. The van der Waals surface area contributed by atoms with E-state index in [0.29, 0.717) is 56.0 Å². The first-order chi connectivity index (χ1) is 18.2. The van der Waals surface area contributed by atoms with Gasteiger partial charge in [0.15, 0.2) is 0 Å². The van der Waals surface area contributed by atoms with Gasteiger partial charge in [-0.25, -0.2) is 8.42 Å². The lowest BCUT2D eigenvalue weighted by Gasteiger charge is -2.38. The standard InChI is InChI=1S/C26H29N5O6S/c1-37-22-6-3-7-23(17-22)38(35,36)30-14-10-26(11-15-30)9-13-28(19-26)25(32)18-29-12-8-24(27-29)20-4-2-5-21(16-20)31(33)34/h2-8,12,16-17H,9-11,13-15,18-19H2,1H3. The quantitative estimate of drug-likeness (QED) is 0.333. The number of aromatic nitrogens is 2. The number of nitro benzene ring substituents is 1. The maximum atomic E-state index is 13.2. The van der Waals surface area contributed by atoms with Crippen LogP contribution in [0.25, 0.3) is 11.3 Å². The molecule has 0 unspecified atom stereocenters. The molecule has 2 fully saturated rings. The van der Waals surface area contributed by atoms with E-state index in [1.54, 1.807) is 47.3 Å². The molecule has 0 N–H and O–H groups in total. The fourth-order valence-corrected chi connectivity index (χ4v) is 6.77. The van der Waals surface area contributed by atoms with Crippen LogP contribution in [-0.4, -0.2) is 71.5 Å². The van der Waals surface area contributed by atoms with Gasteiger partial charge in [-0.3, -0.25) is 19.6 Å². The summed E-state index contributed by atoms with van der Waals surface area (Å²) in [5.74, 6) is 0.445. The Balaban J connectivity index is 1.18. The Morgan fingerprint density at radius 1 is 1.08 bits per heavy atom. The van der Waals surface area contributed by atoms with E-state index in [-0.39, 0.29) is 28.4 Å². The van der Waals surface area contributed by atoms with Crippen molar-refractivity contribution in [3.8, 4) is 17.0 Å². The Morgan fingerprint density at radius 3 is 2.55 bits per heavy atom. The van der Waals surface area contributed by atoms with Gasteiger partial charge in [0.1, 0.15) is 12.3 Å². The number of nitrogens with zero attached hydrogens (tertiary/aromatic N) is 5. The summed E-state index contributed by atoms with van der Waals surface area (Å²) in [6.45, 7) is 2.11. The third-order valence-electron chi connectivity index (χ3n) is 7.54. The van der Waals surface area contributed by atoms with Crippen LogP contribution in [0.15, 0.2) is 65.7 Å². The molecule has 1 aromatic heterocycles. The van der Waals surface area contributed by atoms with Gasteiger partial charge in [-0.1, -0.05) is 18.2 Å². The molecule has 2 saturated heterocycles. The zero-order valence-electron chi connectivity index (χ0n) is 21.0. The maximum absolute atomic E-state index is 13.2. The summed E-state index contributed by atoms with van der Waals surface area (Å²) in [4.78, 5) is 25.7. The predicted molar refractivity (Wildman–Crippen MR) is 139 cm³/mol. The molecular formula is C26H29N5O6S.